The molecule has 2 rings (SSSR count). The number of hydrogen-bond donors (Lipinski definition) is 1. The van der Waals surface area contributed by atoms with Gasteiger partial charge < -0.3 is 10.1 Å². The summed E-state index contributed by atoms with van der Waals surface area (Å²) in [7, 11) is 0. The van der Waals surface area contributed by atoms with Gasteiger partial charge in [0.15, 0.2) is 0 Å². The zero-order valence-corrected chi connectivity index (χ0v) is 12.1. The van der Waals surface area contributed by atoms with Crippen LogP contribution in [0.25, 0.3) is 0 Å². The van der Waals surface area contributed by atoms with Crippen molar-refractivity contribution in [1.82, 2.24) is 5.32 Å². The Labute approximate surface area is 121 Å². The van der Waals surface area contributed by atoms with Crippen molar-refractivity contribution >= 4 is 6.09 Å². The van der Waals surface area contributed by atoms with Crippen molar-refractivity contribution in [3.05, 3.63) is 30.3 Å². The normalized spacial score (nSPS) is 16.4. The molecule has 1 aromatic carbocycles. The maximum Gasteiger partial charge on any atom is 0.412 e. The quantitative estimate of drug-likeness (QED) is 0.633. The van der Waals surface area contributed by atoms with Gasteiger partial charge in [-0.15, -0.1) is 0 Å². The third kappa shape index (κ3) is 5.64. The highest BCUT2D eigenvalue weighted by Gasteiger charge is 2.12. The largest absolute Gasteiger partial charge is 0.412 e. The fourth-order valence-corrected chi connectivity index (χ4v) is 2.87. The lowest BCUT2D eigenvalue weighted by Gasteiger charge is -2.13. The van der Waals surface area contributed by atoms with Gasteiger partial charge in [-0.3, -0.25) is 0 Å². The van der Waals surface area contributed by atoms with Crippen LogP contribution in [0.15, 0.2) is 30.3 Å². The average molecular weight is 275 g/mol. The van der Waals surface area contributed by atoms with Gasteiger partial charge in [-0.2, -0.15) is 0 Å². The van der Waals surface area contributed by atoms with Gasteiger partial charge in [-0.05, 0) is 30.9 Å². The molecule has 0 saturated heterocycles. The summed E-state index contributed by atoms with van der Waals surface area (Å²) in [6.45, 7) is 0.710. The number of ether oxygens (including phenoxy) is 1. The number of rotatable bonds is 5. The monoisotopic (exact) mass is 275 g/mol. The average Bonchev–Trinajstić information content (AvgIpc) is 2.73. The molecule has 0 radical (unpaired) electrons. The van der Waals surface area contributed by atoms with E-state index in [1.165, 1.54) is 44.9 Å². The van der Waals surface area contributed by atoms with E-state index >= 15 is 0 Å². The Bertz CT molecular complexity index is 383. The predicted octanol–water partition coefficient (Wildman–Crippen LogP) is 4.53. The minimum atomic E-state index is -0.350. The first-order valence-corrected chi connectivity index (χ1v) is 7.85. The van der Waals surface area contributed by atoms with Crippen molar-refractivity contribution in [2.75, 3.05) is 6.54 Å². The highest BCUT2D eigenvalue weighted by atomic mass is 16.5. The van der Waals surface area contributed by atoms with Gasteiger partial charge in [0.25, 0.3) is 0 Å². The molecule has 0 unspecified atom stereocenters. The first-order valence-electron chi connectivity index (χ1n) is 7.85. The van der Waals surface area contributed by atoms with E-state index in [0.717, 1.165) is 12.3 Å². The molecule has 110 valence electrons. The summed E-state index contributed by atoms with van der Waals surface area (Å²) < 4.78 is 5.18. The fourth-order valence-electron chi connectivity index (χ4n) is 2.87. The topological polar surface area (TPSA) is 38.3 Å². The van der Waals surface area contributed by atoms with Crippen LogP contribution in [-0.4, -0.2) is 12.6 Å². The van der Waals surface area contributed by atoms with Gasteiger partial charge in [0, 0.05) is 6.54 Å². The first-order chi connectivity index (χ1) is 9.84. The Morgan fingerprint density at radius 1 is 1.10 bits per heavy atom. The van der Waals surface area contributed by atoms with Crippen LogP contribution >= 0.6 is 0 Å². The summed E-state index contributed by atoms with van der Waals surface area (Å²) in [5.74, 6) is 1.46. The third-order valence-corrected chi connectivity index (χ3v) is 3.99. The van der Waals surface area contributed by atoms with Crippen LogP contribution < -0.4 is 10.1 Å². The van der Waals surface area contributed by atoms with Crippen molar-refractivity contribution in [1.29, 1.82) is 0 Å². The predicted molar refractivity (Wildman–Crippen MR) is 80.9 cm³/mol. The lowest BCUT2D eigenvalue weighted by Crippen LogP contribution is -2.28. The van der Waals surface area contributed by atoms with Crippen LogP contribution in [0.1, 0.15) is 51.4 Å². The van der Waals surface area contributed by atoms with Crippen molar-refractivity contribution < 1.29 is 9.53 Å². The Balaban J connectivity index is 1.57. The molecule has 0 aliphatic heterocycles. The van der Waals surface area contributed by atoms with E-state index in [4.69, 9.17) is 4.74 Å². The number of nitrogens with one attached hydrogen (secondary N) is 1. The zero-order valence-electron chi connectivity index (χ0n) is 12.1. The van der Waals surface area contributed by atoms with E-state index in [1.807, 2.05) is 18.2 Å². The molecule has 0 spiro atoms. The second-order valence-corrected chi connectivity index (χ2v) is 5.63. The molecule has 1 N–H and O–H groups in total. The first kappa shape index (κ1) is 14.9. The fraction of sp³-hybridized carbons (Fsp3) is 0.588. The molecule has 1 amide bonds. The van der Waals surface area contributed by atoms with Crippen molar-refractivity contribution in [3.8, 4) is 5.75 Å². The summed E-state index contributed by atoms with van der Waals surface area (Å²) in [4.78, 5) is 11.6. The van der Waals surface area contributed by atoms with Crippen molar-refractivity contribution in [2.45, 2.75) is 51.4 Å². The molecular formula is C17H25NO2. The standard InChI is InChI=1S/C17H25NO2/c19-17(20-16-12-6-3-7-13-16)18-14-8-11-15-9-4-1-2-5-10-15/h3,6-7,12-13,15H,1-2,4-5,8-11,14H2,(H,18,19). The van der Waals surface area contributed by atoms with E-state index in [0.29, 0.717) is 12.3 Å². The number of carbonyl (C=O) groups excluding carboxylic acids is 1. The maximum absolute atomic E-state index is 11.6. The van der Waals surface area contributed by atoms with E-state index in [1.54, 1.807) is 12.1 Å². The second kappa shape index (κ2) is 8.62. The van der Waals surface area contributed by atoms with Crippen LogP contribution in [0.2, 0.25) is 0 Å². The van der Waals surface area contributed by atoms with Gasteiger partial charge in [-0.1, -0.05) is 56.7 Å². The van der Waals surface area contributed by atoms with E-state index in [2.05, 4.69) is 5.32 Å². The van der Waals surface area contributed by atoms with E-state index in [9.17, 15) is 4.79 Å². The SMILES string of the molecule is O=C(NCCCC1CCCCCC1)Oc1ccccc1. The molecule has 20 heavy (non-hydrogen) atoms. The van der Waals surface area contributed by atoms with Crippen LogP contribution in [0.4, 0.5) is 4.79 Å². The molecule has 1 saturated carbocycles. The molecule has 0 bridgehead atoms. The Kier molecular flexibility index (Phi) is 6.42. The summed E-state index contributed by atoms with van der Waals surface area (Å²) in [6.07, 6.45) is 10.2. The lowest BCUT2D eigenvalue weighted by atomic mass is 9.95. The molecule has 1 fully saturated rings. The minimum Gasteiger partial charge on any atom is -0.410 e. The van der Waals surface area contributed by atoms with Crippen molar-refractivity contribution in [2.24, 2.45) is 5.92 Å². The molecule has 0 atom stereocenters. The number of benzene rings is 1. The van der Waals surface area contributed by atoms with E-state index < -0.39 is 0 Å². The second-order valence-electron chi connectivity index (χ2n) is 5.63. The Hall–Kier alpha value is -1.51. The summed E-state index contributed by atoms with van der Waals surface area (Å²) in [5, 5.41) is 2.83. The van der Waals surface area contributed by atoms with Crippen molar-refractivity contribution in [3.63, 3.8) is 0 Å². The molecule has 3 nitrogen and oxygen atoms in total. The number of amides is 1. The molecule has 1 aliphatic rings. The third-order valence-electron chi connectivity index (χ3n) is 3.99. The number of carbonyl (C=O) groups is 1. The highest BCUT2D eigenvalue weighted by Crippen LogP contribution is 2.26. The minimum absolute atomic E-state index is 0.350. The van der Waals surface area contributed by atoms with Gasteiger partial charge in [-0.25, -0.2) is 4.79 Å². The molecular weight excluding hydrogens is 250 g/mol. The molecule has 1 aliphatic carbocycles. The number of hydrogen-bond acceptors (Lipinski definition) is 2. The van der Waals surface area contributed by atoms with Gasteiger partial charge in [0.05, 0.1) is 0 Å². The van der Waals surface area contributed by atoms with Gasteiger partial charge in [0.2, 0.25) is 0 Å². The van der Waals surface area contributed by atoms with Gasteiger partial charge >= 0.3 is 6.09 Å². The zero-order chi connectivity index (χ0) is 14.0. The summed E-state index contributed by atoms with van der Waals surface area (Å²) in [5.41, 5.74) is 0. The summed E-state index contributed by atoms with van der Waals surface area (Å²) >= 11 is 0. The molecule has 0 heterocycles. The van der Waals surface area contributed by atoms with E-state index in [-0.39, 0.29) is 6.09 Å². The highest BCUT2D eigenvalue weighted by molar-refractivity contribution is 5.70. The maximum atomic E-state index is 11.6. The number of para-hydroxylation sites is 1. The van der Waals surface area contributed by atoms with Gasteiger partial charge in [0.1, 0.15) is 5.75 Å². The summed E-state index contributed by atoms with van der Waals surface area (Å²) in [6, 6.07) is 9.18. The Morgan fingerprint density at radius 3 is 2.50 bits per heavy atom. The molecule has 3 heteroatoms. The van der Waals surface area contributed by atoms with Crippen LogP contribution in [0.5, 0.6) is 5.75 Å². The lowest BCUT2D eigenvalue weighted by molar-refractivity contribution is 0.200. The van der Waals surface area contributed by atoms with Crippen LogP contribution in [0.3, 0.4) is 0 Å². The van der Waals surface area contributed by atoms with Crippen LogP contribution in [0, 0.1) is 5.92 Å². The Morgan fingerprint density at radius 2 is 1.80 bits per heavy atom. The van der Waals surface area contributed by atoms with Crippen LogP contribution in [-0.2, 0) is 0 Å². The molecule has 0 aromatic heterocycles. The molecule has 1 aromatic rings. The smallest absolute Gasteiger partial charge is 0.410 e.